The van der Waals surface area contributed by atoms with Gasteiger partial charge in [-0.2, -0.15) is 0 Å². The smallest absolute Gasteiger partial charge is 0.118 e. The van der Waals surface area contributed by atoms with Crippen LogP contribution in [0, 0.1) is 0 Å². The molecule has 0 radical (unpaired) electrons. The van der Waals surface area contributed by atoms with E-state index in [2.05, 4.69) is 6.08 Å². The Bertz CT molecular complexity index is 268. The zero-order valence-electron chi connectivity index (χ0n) is 8.05. The number of hydrogen-bond acceptors (Lipinski definition) is 3. The molecule has 0 amide bonds. The average molecular weight is 180 g/mol. The molecule has 2 rings (SSSR count). The first-order valence-corrected chi connectivity index (χ1v) is 4.81. The highest BCUT2D eigenvalue weighted by Crippen LogP contribution is 2.26. The maximum Gasteiger partial charge on any atom is 0.118 e. The van der Waals surface area contributed by atoms with Gasteiger partial charge in [0.1, 0.15) is 5.76 Å². The summed E-state index contributed by atoms with van der Waals surface area (Å²) >= 11 is 0. The van der Waals surface area contributed by atoms with Gasteiger partial charge >= 0.3 is 0 Å². The largest absolute Gasteiger partial charge is 0.465 e. The molecule has 13 heavy (non-hydrogen) atoms. The van der Waals surface area contributed by atoms with E-state index in [9.17, 15) is 0 Å². The maximum atomic E-state index is 5.74. The summed E-state index contributed by atoms with van der Waals surface area (Å²) in [5.41, 5.74) is 1.45. The Kier molecular flexibility index (Phi) is 2.38. The van der Waals surface area contributed by atoms with E-state index >= 15 is 0 Å². The third-order valence-corrected chi connectivity index (χ3v) is 2.60. The molecule has 2 aliphatic heterocycles. The molecule has 0 saturated carbocycles. The topological polar surface area (TPSA) is 38.5 Å². The van der Waals surface area contributed by atoms with E-state index in [1.807, 2.05) is 11.9 Å². The van der Waals surface area contributed by atoms with E-state index in [0.29, 0.717) is 0 Å². The van der Waals surface area contributed by atoms with Crippen LogP contribution in [-0.4, -0.2) is 18.1 Å². The molecule has 2 heterocycles. The van der Waals surface area contributed by atoms with E-state index < -0.39 is 0 Å². The van der Waals surface area contributed by atoms with Crippen molar-refractivity contribution in [1.82, 2.24) is 5.01 Å². The van der Waals surface area contributed by atoms with Crippen LogP contribution in [0.2, 0.25) is 0 Å². The highest BCUT2D eigenvalue weighted by Gasteiger charge is 2.19. The normalized spacial score (nSPS) is 24.6. The molecule has 0 unspecified atom stereocenters. The number of hydrazine groups is 1. The van der Waals surface area contributed by atoms with E-state index in [0.717, 1.165) is 43.9 Å². The molecule has 2 aliphatic rings. The number of hydrogen-bond donors (Lipinski definition) is 1. The molecule has 0 bridgehead atoms. The third kappa shape index (κ3) is 1.92. The van der Waals surface area contributed by atoms with Crippen LogP contribution in [0.25, 0.3) is 0 Å². The minimum absolute atomic E-state index is 0.764. The van der Waals surface area contributed by atoms with Crippen molar-refractivity contribution in [2.24, 2.45) is 5.84 Å². The molecule has 0 aromatic heterocycles. The predicted molar refractivity (Wildman–Crippen MR) is 51.5 cm³/mol. The fourth-order valence-corrected chi connectivity index (χ4v) is 1.85. The van der Waals surface area contributed by atoms with Crippen LogP contribution in [0.1, 0.15) is 26.2 Å². The zero-order valence-corrected chi connectivity index (χ0v) is 8.05. The lowest BCUT2D eigenvalue weighted by molar-refractivity contribution is 0.203. The summed E-state index contributed by atoms with van der Waals surface area (Å²) < 4.78 is 5.70. The first kappa shape index (κ1) is 8.78. The SMILES string of the molecule is CC1=CCCC2=C(CN(N)CC2)O1. The second-order valence-electron chi connectivity index (χ2n) is 3.70. The van der Waals surface area contributed by atoms with Crippen molar-refractivity contribution < 1.29 is 4.74 Å². The van der Waals surface area contributed by atoms with Crippen LogP contribution in [0.15, 0.2) is 23.2 Å². The summed E-state index contributed by atoms with van der Waals surface area (Å²) in [7, 11) is 0. The monoisotopic (exact) mass is 180 g/mol. The van der Waals surface area contributed by atoms with Crippen LogP contribution >= 0.6 is 0 Å². The Balaban J connectivity index is 2.17. The van der Waals surface area contributed by atoms with E-state index in [-0.39, 0.29) is 0 Å². The van der Waals surface area contributed by atoms with Crippen molar-refractivity contribution in [3.8, 4) is 0 Å². The lowest BCUT2D eigenvalue weighted by atomic mass is 10.0. The van der Waals surface area contributed by atoms with Crippen molar-refractivity contribution in [3.05, 3.63) is 23.2 Å². The summed E-state index contributed by atoms with van der Waals surface area (Å²) in [6, 6.07) is 0. The molecule has 0 fully saturated rings. The van der Waals surface area contributed by atoms with Crippen LogP contribution < -0.4 is 5.84 Å². The van der Waals surface area contributed by atoms with Gasteiger partial charge < -0.3 is 4.74 Å². The molecule has 0 atom stereocenters. The Labute approximate surface area is 78.8 Å². The molecule has 3 nitrogen and oxygen atoms in total. The predicted octanol–water partition coefficient (Wildman–Crippen LogP) is 1.53. The molecule has 0 spiro atoms. The molecular weight excluding hydrogens is 164 g/mol. The van der Waals surface area contributed by atoms with Gasteiger partial charge in [-0.3, -0.25) is 5.84 Å². The van der Waals surface area contributed by atoms with Gasteiger partial charge in [-0.25, -0.2) is 5.01 Å². The van der Waals surface area contributed by atoms with Crippen LogP contribution in [0.4, 0.5) is 0 Å². The first-order chi connectivity index (χ1) is 6.25. The van der Waals surface area contributed by atoms with Crippen LogP contribution in [0.5, 0.6) is 0 Å². The zero-order chi connectivity index (χ0) is 9.26. The molecule has 0 aromatic carbocycles. The number of rotatable bonds is 0. The van der Waals surface area contributed by atoms with Crippen molar-refractivity contribution in [3.63, 3.8) is 0 Å². The Hall–Kier alpha value is -0.800. The van der Waals surface area contributed by atoms with Crippen molar-refractivity contribution in [2.75, 3.05) is 13.1 Å². The lowest BCUT2D eigenvalue weighted by Gasteiger charge is -2.26. The summed E-state index contributed by atoms with van der Waals surface area (Å²) in [5.74, 6) is 7.84. The Morgan fingerprint density at radius 2 is 2.31 bits per heavy atom. The van der Waals surface area contributed by atoms with E-state index in [4.69, 9.17) is 10.6 Å². The van der Waals surface area contributed by atoms with Gasteiger partial charge in [-0.05, 0) is 37.8 Å². The van der Waals surface area contributed by atoms with E-state index in [1.54, 1.807) is 0 Å². The summed E-state index contributed by atoms with van der Waals surface area (Å²) in [4.78, 5) is 0. The molecule has 0 saturated heterocycles. The fraction of sp³-hybridized carbons (Fsp3) is 0.600. The lowest BCUT2D eigenvalue weighted by Crippen LogP contribution is -2.37. The summed E-state index contributed by atoms with van der Waals surface area (Å²) in [6.45, 7) is 3.73. The second-order valence-corrected chi connectivity index (χ2v) is 3.70. The maximum absolute atomic E-state index is 5.74. The van der Waals surface area contributed by atoms with E-state index in [1.165, 1.54) is 5.57 Å². The number of nitrogens with zero attached hydrogens (tertiary/aromatic N) is 1. The van der Waals surface area contributed by atoms with Crippen molar-refractivity contribution >= 4 is 0 Å². The standard InChI is InChI=1S/C10H16N2O/c1-8-3-2-4-9-5-6-12(11)7-10(9)13-8/h3H,2,4-7,11H2,1H3. The highest BCUT2D eigenvalue weighted by molar-refractivity contribution is 5.18. The summed E-state index contributed by atoms with van der Waals surface area (Å²) in [6.07, 6.45) is 5.46. The molecule has 0 aromatic rings. The number of nitrogens with two attached hydrogens (primary N) is 1. The van der Waals surface area contributed by atoms with Crippen LogP contribution in [-0.2, 0) is 4.74 Å². The van der Waals surface area contributed by atoms with Gasteiger partial charge in [0.15, 0.2) is 0 Å². The Morgan fingerprint density at radius 3 is 3.15 bits per heavy atom. The fourth-order valence-electron chi connectivity index (χ4n) is 1.85. The third-order valence-electron chi connectivity index (χ3n) is 2.60. The highest BCUT2D eigenvalue weighted by atomic mass is 16.5. The molecule has 72 valence electrons. The number of ether oxygens (including phenoxy) is 1. The van der Waals surface area contributed by atoms with Gasteiger partial charge in [0.05, 0.1) is 12.3 Å². The van der Waals surface area contributed by atoms with Gasteiger partial charge in [0, 0.05) is 6.54 Å². The summed E-state index contributed by atoms with van der Waals surface area (Å²) in [5, 5.41) is 1.82. The van der Waals surface area contributed by atoms with Gasteiger partial charge in [0.2, 0.25) is 0 Å². The first-order valence-electron chi connectivity index (χ1n) is 4.81. The van der Waals surface area contributed by atoms with Crippen molar-refractivity contribution in [1.29, 1.82) is 0 Å². The Morgan fingerprint density at radius 1 is 1.46 bits per heavy atom. The minimum atomic E-state index is 0.764. The average Bonchev–Trinajstić information content (AvgIpc) is 2.25. The quantitative estimate of drug-likeness (QED) is 0.575. The van der Waals surface area contributed by atoms with Gasteiger partial charge in [-0.15, -0.1) is 0 Å². The van der Waals surface area contributed by atoms with Crippen LogP contribution in [0.3, 0.4) is 0 Å². The molecular formula is C10H16N2O. The molecule has 0 aliphatic carbocycles. The van der Waals surface area contributed by atoms with Gasteiger partial charge in [-0.1, -0.05) is 0 Å². The van der Waals surface area contributed by atoms with Crippen molar-refractivity contribution in [2.45, 2.75) is 26.2 Å². The molecule has 2 N–H and O–H groups in total. The second kappa shape index (κ2) is 3.52. The minimum Gasteiger partial charge on any atom is -0.465 e. The molecule has 3 heteroatoms. The number of allylic oxidation sites excluding steroid dienone is 2. The van der Waals surface area contributed by atoms with Gasteiger partial charge in [0.25, 0.3) is 0 Å².